The molecule has 1 aromatic heterocycles. The molecule has 35 heavy (non-hydrogen) atoms. The third kappa shape index (κ3) is 4.10. The smallest absolute Gasteiger partial charge is 0.256 e. The predicted octanol–water partition coefficient (Wildman–Crippen LogP) is 3.77. The minimum Gasteiger partial charge on any atom is -0.361 e. The van der Waals surface area contributed by atoms with E-state index in [1.54, 1.807) is 16.7 Å². The number of hydrogen-bond donors (Lipinski definition) is 3. The highest BCUT2D eigenvalue weighted by Gasteiger charge is 2.57. The number of nitrogens with zero attached hydrogens (tertiary/aromatic N) is 1. The zero-order valence-corrected chi connectivity index (χ0v) is 21.1. The van der Waals surface area contributed by atoms with Crippen molar-refractivity contribution in [2.45, 2.75) is 62.4 Å². The van der Waals surface area contributed by atoms with Gasteiger partial charge in [0.2, 0.25) is 11.8 Å². The number of para-hydroxylation sites is 1. The summed E-state index contributed by atoms with van der Waals surface area (Å²) in [5.74, 6) is -0.687. The number of carbonyl (C=O) groups is 3. The molecule has 3 atom stereocenters. The molecule has 3 N–H and O–H groups in total. The average molecular weight is 491 g/mol. The van der Waals surface area contributed by atoms with E-state index in [9.17, 15) is 14.4 Å². The van der Waals surface area contributed by atoms with Crippen molar-refractivity contribution in [2.24, 2.45) is 0 Å². The van der Waals surface area contributed by atoms with Gasteiger partial charge in [-0.2, -0.15) is 0 Å². The van der Waals surface area contributed by atoms with Crippen LogP contribution in [0.5, 0.6) is 0 Å². The summed E-state index contributed by atoms with van der Waals surface area (Å²) in [7, 11) is 0. The summed E-state index contributed by atoms with van der Waals surface area (Å²) in [4.78, 5) is 45.2. The molecule has 3 amide bonds. The number of H-pyrrole nitrogens is 1. The topological polar surface area (TPSA) is 94.3 Å². The first-order valence-corrected chi connectivity index (χ1v) is 12.8. The monoisotopic (exact) mass is 490 g/mol. The number of rotatable bonds is 6. The Balaban J connectivity index is 1.43. The van der Waals surface area contributed by atoms with Crippen molar-refractivity contribution in [3.05, 3.63) is 71.4 Å². The number of fused-ring (bicyclic) bond motifs is 4. The molecule has 3 aromatic rings. The largest absolute Gasteiger partial charge is 0.361 e. The first kappa shape index (κ1) is 23.5. The maximum absolute atomic E-state index is 13.8. The quantitative estimate of drug-likeness (QED) is 0.490. The van der Waals surface area contributed by atoms with Crippen LogP contribution in [-0.4, -0.2) is 50.5 Å². The van der Waals surface area contributed by atoms with Crippen LogP contribution in [0.25, 0.3) is 10.9 Å². The van der Waals surface area contributed by atoms with Gasteiger partial charge in [0, 0.05) is 39.9 Å². The highest BCUT2D eigenvalue weighted by atomic mass is 32.2. The van der Waals surface area contributed by atoms with Crippen molar-refractivity contribution >= 4 is 40.4 Å². The molecule has 5 rings (SSSR count). The van der Waals surface area contributed by atoms with E-state index in [2.05, 4.69) is 15.6 Å². The van der Waals surface area contributed by atoms with Crippen LogP contribution in [0.4, 0.5) is 0 Å². The summed E-state index contributed by atoms with van der Waals surface area (Å²) in [6.45, 7) is 7.76. The van der Waals surface area contributed by atoms with E-state index in [4.69, 9.17) is 0 Å². The number of hydrogen-bond acceptors (Lipinski definition) is 4. The molecule has 0 bridgehead atoms. The van der Waals surface area contributed by atoms with E-state index < -0.39 is 16.8 Å². The fraction of sp³-hybridized carbons (Fsp3) is 0.370. The lowest BCUT2D eigenvalue weighted by molar-refractivity contribution is -0.132. The van der Waals surface area contributed by atoms with Crippen LogP contribution in [-0.2, 0) is 16.0 Å². The van der Waals surface area contributed by atoms with Crippen LogP contribution >= 0.6 is 11.8 Å². The van der Waals surface area contributed by atoms with Gasteiger partial charge in [-0.25, -0.2) is 0 Å². The van der Waals surface area contributed by atoms with Gasteiger partial charge in [0.1, 0.15) is 17.5 Å². The molecule has 0 spiro atoms. The minimum absolute atomic E-state index is 0.0672. The number of amides is 3. The molecule has 0 radical (unpaired) electrons. The fourth-order valence-corrected chi connectivity index (χ4v) is 6.76. The second-order valence-corrected chi connectivity index (χ2v) is 11.8. The Morgan fingerprint density at radius 3 is 2.57 bits per heavy atom. The molecule has 0 saturated carbocycles. The molecule has 8 heteroatoms. The Morgan fingerprint density at radius 2 is 1.80 bits per heavy atom. The van der Waals surface area contributed by atoms with Crippen molar-refractivity contribution in [1.29, 1.82) is 0 Å². The summed E-state index contributed by atoms with van der Waals surface area (Å²) >= 11 is 1.61. The lowest BCUT2D eigenvalue weighted by Crippen LogP contribution is -2.58. The molecular weight excluding hydrogens is 460 g/mol. The molecular formula is C27H30N4O3S. The van der Waals surface area contributed by atoms with Crippen molar-refractivity contribution in [3.8, 4) is 0 Å². The van der Waals surface area contributed by atoms with Crippen molar-refractivity contribution in [3.63, 3.8) is 0 Å². The van der Waals surface area contributed by atoms with Crippen LogP contribution in [0, 0.1) is 0 Å². The summed E-state index contributed by atoms with van der Waals surface area (Å²) in [5.41, 5.74) is 3.52. The van der Waals surface area contributed by atoms with E-state index in [0.29, 0.717) is 12.0 Å². The van der Waals surface area contributed by atoms with Crippen LogP contribution in [0.15, 0.2) is 54.7 Å². The van der Waals surface area contributed by atoms with Crippen LogP contribution in [0.1, 0.15) is 54.6 Å². The molecule has 7 nitrogen and oxygen atoms in total. The van der Waals surface area contributed by atoms with Gasteiger partial charge in [-0.15, -0.1) is 11.8 Å². The molecule has 1 saturated heterocycles. The summed E-state index contributed by atoms with van der Waals surface area (Å²) < 4.78 is -0.516. The van der Waals surface area contributed by atoms with E-state index in [-0.39, 0.29) is 29.1 Å². The number of nitrogens with one attached hydrogen (secondary N) is 3. The maximum atomic E-state index is 13.8. The van der Waals surface area contributed by atoms with Gasteiger partial charge in [-0.1, -0.05) is 36.4 Å². The second kappa shape index (κ2) is 8.75. The molecule has 1 unspecified atom stereocenters. The summed E-state index contributed by atoms with van der Waals surface area (Å²) in [5, 5.41) is 6.76. The number of aromatic nitrogens is 1. The Hall–Kier alpha value is -3.26. The maximum Gasteiger partial charge on any atom is 0.256 e. The Labute approximate surface area is 209 Å². The van der Waals surface area contributed by atoms with E-state index in [1.807, 2.05) is 82.4 Å². The standard InChI is InChI=1S/C27H30N4O3S/c1-15(2)29-23(32)21(13-16-14-28-20-12-8-7-9-17(16)20)30-24(33)22-27(3,4)35-26-19-11-6-5-10-18(19)25(34)31(22)26/h5-12,14-15,21-22,26,28H,13H2,1-4H3,(H,29,32)(H,30,33)/t21-,22+,26?/m0/s1. The number of thioether (sulfide) groups is 1. The van der Waals surface area contributed by atoms with Crippen molar-refractivity contribution in [2.75, 3.05) is 0 Å². The van der Waals surface area contributed by atoms with Crippen molar-refractivity contribution in [1.82, 2.24) is 20.5 Å². The first-order valence-electron chi connectivity index (χ1n) is 11.9. The lowest BCUT2D eigenvalue weighted by Gasteiger charge is -2.31. The second-order valence-electron chi connectivity index (χ2n) is 10.1. The number of aromatic amines is 1. The summed E-state index contributed by atoms with van der Waals surface area (Å²) in [6, 6.07) is 13.9. The predicted molar refractivity (Wildman–Crippen MR) is 138 cm³/mol. The zero-order chi connectivity index (χ0) is 24.9. The van der Waals surface area contributed by atoms with Gasteiger partial charge in [-0.3, -0.25) is 14.4 Å². The van der Waals surface area contributed by atoms with Crippen molar-refractivity contribution < 1.29 is 14.4 Å². The normalized spacial score (nSPS) is 21.2. The fourth-order valence-electron chi connectivity index (χ4n) is 5.17. The van der Waals surface area contributed by atoms with Crippen LogP contribution in [0.2, 0.25) is 0 Å². The Bertz CT molecular complexity index is 1310. The molecule has 2 aromatic carbocycles. The van der Waals surface area contributed by atoms with E-state index in [0.717, 1.165) is 22.0 Å². The average Bonchev–Trinajstić information content (AvgIpc) is 3.42. The highest BCUT2D eigenvalue weighted by Crippen LogP contribution is 2.56. The lowest BCUT2D eigenvalue weighted by atomic mass is 9.98. The van der Waals surface area contributed by atoms with E-state index in [1.165, 1.54) is 0 Å². The molecule has 3 heterocycles. The highest BCUT2D eigenvalue weighted by molar-refractivity contribution is 8.01. The van der Waals surface area contributed by atoms with Crippen LogP contribution in [0.3, 0.4) is 0 Å². The van der Waals surface area contributed by atoms with E-state index >= 15 is 0 Å². The van der Waals surface area contributed by atoms with Gasteiger partial charge in [0.05, 0.1) is 0 Å². The zero-order valence-electron chi connectivity index (χ0n) is 20.3. The number of benzene rings is 2. The summed E-state index contributed by atoms with van der Waals surface area (Å²) in [6.07, 6.45) is 2.23. The van der Waals surface area contributed by atoms with Gasteiger partial charge >= 0.3 is 0 Å². The Kier molecular flexibility index (Phi) is 5.87. The SMILES string of the molecule is CC(C)NC(=O)[C@H](Cc1c[nH]c2ccccc12)NC(=O)[C@H]1N2C(=O)c3ccccc3C2SC1(C)C. The molecule has 2 aliphatic rings. The third-order valence-electron chi connectivity index (χ3n) is 6.71. The van der Waals surface area contributed by atoms with Gasteiger partial charge in [0.25, 0.3) is 5.91 Å². The first-order chi connectivity index (χ1) is 16.7. The van der Waals surface area contributed by atoms with Gasteiger partial charge in [0.15, 0.2) is 0 Å². The third-order valence-corrected chi connectivity index (χ3v) is 8.24. The molecule has 1 fully saturated rings. The molecule has 2 aliphatic heterocycles. The Morgan fingerprint density at radius 1 is 1.09 bits per heavy atom. The van der Waals surface area contributed by atoms with Gasteiger partial charge < -0.3 is 20.5 Å². The minimum atomic E-state index is -0.774. The number of carbonyl (C=O) groups excluding carboxylic acids is 3. The van der Waals surface area contributed by atoms with Gasteiger partial charge in [-0.05, 0) is 51.0 Å². The molecule has 182 valence electrons. The van der Waals surface area contributed by atoms with Crippen LogP contribution < -0.4 is 10.6 Å². The molecule has 0 aliphatic carbocycles.